The summed E-state index contributed by atoms with van der Waals surface area (Å²) in [6.07, 6.45) is 0.717. The van der Waals surface area contributed by atoms with E-state index < -0.39 is 0 Å². The summed E-state index contributed by atoms with van der Waals surface area (Å²) in [6, 6.07) is 4.04. The maximum Gasteiger partial charge on any atom is 0.271 e. The predicted molar refractivity (Wildman–Crippen MR) is 76.2 cm³/mol. The first kappa shape index (κ1) is 13.8. The molecular formula is C13H18N4OS. The van der Waals surface area contributed by atoms with Gasteiger partial charge in [0.25, 0.3) is 5.91 Å². The van der Waals surface area contributed by atoms with Crippen LogP contribution in [0.25, 0.3) is 0 Å². The van der Waals surface area contributed by atoms with Crippen molar-refractivity contribution in [1.82, 2.24) is 14.9 Å². The van der Waals surface area contributed by atoms with Crippen molar-refractivity contribution in [1.29, 1.82) is 0 Å². The summed E-state index contributed by atoms with van der Waals surface area (Å²) in [5.41, 5.74) is 8.18. The number of rotatable bonds is 5. The minimum atomic E-state index is -0.140. The smallest absolute Gasteiger partial charge is 0.271 e. The number of carbonyl (C=O) groups is 1. The van der Waals surface area contributed by atoms with Crippen LogP contribution in [-0.2, 0) is 20.0 Å². The zero-order valence-electron chi connectivity index (χ0n) is 11.1. The van der Waals surface area contributed by atoms with Crippen LogP contribution in [0.5, 0.6) is 0 Å². The number of nitrogens with zero attached hydrogens (tertiary/aromatic N) is 2. The number of nitrogens with two attached hydrogens (primary N) is 1. The molecule has 0 saturated heterocycles. The summed E-state index contributed by atoms with van der Waals surface area (Å²) in [5, 5.41) is 5.56. The molecule has 0 aromatic carbocycles. The lowest BCUT2D eigenvalue weighted by molar-refractivity contribution is 0.0945. The van der Waals surface area contributed by atoms with E-state index in [1.54, 1.807) is 5.38 Å². The van der Waals surface area contributed by atoms with Crippen molar-refractivity contribution in [2.45, 2.75) is 19.9 Å². The molecule has 102 valence electrons. The molecule has 0 unspecified atom stereocenters. The summed E-state index contributed by atoms with van der Waals surface area (Å²) >= 11 is 1.47. The van der Waals surface area contributed by atoms with E-state index in [2.05, 4.69) is 14.9 Å². The van der Waals surface area contributed by atoms with Crippen molar-refractivity contribution in [3.63, 3.8) is 0 Å². The summed E-state index contributed by atoms with van der Waals surface area (Å²) in [4.78, 5) is 16.2. The monoisotopic (exact) mass is 278 g/mol. The van der Waals surface area contributed by atoms with Crippen LogP contribution >= 0.6 is 11.3 Å². The van der Waals surface area contributed by atoms with Gasteiger partial charge in [-0.05, 0) is 25.6 Å². The molecule has 2 aromatic rings. The number of nitrogens with one attached hydrogen (secondary N) is 1. The fraction of sp³-hybridized carbons (Fsp3) is 0.385. The molecule has 2 rings (SSSR count). The highest BCUT2D eigenvalue weighted by Crippen LogP contribution is 2.10. The van der Waals surface area contributed by atoms with E-state index in [4.69, 9.17) is 5.73 Å². The molecule has 5 nitrogen and oxygen atoms in total. The SMILES string of the molecule is Cc1ccc(CNC(=O)c2csc(CCN)n2)n1C. The summed E-state index contributed by atoms with van der Waals surface area (Å²) < 4.78 is 2.06. The minimum absolute atomic E-state index is 0.140. The molecule has 1 amide bonds. The van der Waals surface area contributed by atoms with Gasteiger partial charge in [0.2, 0.25) is 0 Å². The molecule has 0 fully saturated rings. The second-order valence-electron chi connectivity index (χ2n) is 4.37. The number of aromatic nitrogens is 2. The van der Waals surface area contributed by atoms with Crippen molar-refractivity contribution in [2.75, 3.05) is 6.54 Å². The molecule has 0 spiro atoms. The lowest BCUT2D eigenvalue weighted by atomic mass is 10.4. The Kier molecular flexibility index (Phi) is 4.34. The highest BCUT2D eigenvalue weighted by molar-refractivity contribution is 7.09. The maximum absolute atomic E-state index is 11.9. The van der Waals surface area contributed by atoms with Crippen LogP contribution in [0.1, 0.15) is 26.9 Å². The number of hydrogen-bond acceptors (Lipinski definition) is 4. The molecule has 0 atom stereocenters. The first-order valence-corrected chi connectivity index (χ1v) is 7.03. The van der Waals surface area contributed by atoms with Gasteiger partial charge in [0.15, 0.2) is 0 Å². The molecule has 0 aliphatic rings. The van der Waals surface area contributed by atoms with Crippen LogP contribution in [0.2, 0.25) is 0 Å². The number of carbonyl (C=O) groups excluding carboxylic acids is 1. The Hall–Kier alpha value is -1.66. The lowest BCUT2D eigenvalue weighted by Crippen LogP contribution is -2.24. The van der Waals surface area contributed by atoms with Crippen molar-refractivity contribution in [3.8, 4) is 0 Å². The summed E-state index contributed by atoms with van der Waals surface area (Å²) in [5.74, 6) is -0.140. The average molecular weight is 278 g/mol. The van der Waals surface area contributed by atoms with Crippen LogP contribution in [0.15, 0.2) is 17.5 Å². The molecule has 0 bridgehead atoms. The largest absolute Gasteiger partial charge is 0.350 e. The van der Waals surface area contributed by atoms with E-state index >= 15 is 0 Å². The molecule has 2 aromatic heterocycles. The number of hydrogen-bond donors (Lipinski definition) is 2. The Bertz CT molecular complexity index is 573. The van der Waals surface area contributed by atoms with E-state index in [9.17, 15) is 4.79 Å². The fourth-order valence-corrected chi connectivity index (χ4v) is 2.55. The zero-order valence-corrected chi connectivity index (χ0v) is 12.0. The van der Waals surface area contributed by atoms with Gasteiger partial charge in [-0.1, -0.05) is 0 Å². The first-order valence-electron chi connectivity index (χ1n) is 6.15. The van der Waals surface area contributed by atoms with E-state index in [-0.39, 0.29) is 5.91 Å². The Morgan fingerprint density at radius 3 is 2.95 bits per heavy atom. The van der Waals surface area contributed by atoms with Gasteiger partial charge in [0.05, 0.1) is 11.6 Å². The maximum atomic E-state index is 11.9. The third kappa shape index (κ3) is 3.21. The quantitative estimate of drug-likeness (QED) is 0.863. The number of thiazole rings is 1. The highest BCUT2D eigenvalue weighted by atomic mass is 32.1. The predicted octanol–water partition coefficient (Wildman–Crippen LogP) is 1.22. The number of amides is 1. The van der Waals surface area contributed by atoms with Crippen molar-refractivity contribution in [2.24, 2.45) is 12.8 Å². The van der Waals surface area contributed by atoms with Crippen LogP contribution in [0.4, 0.5) is 0 Å². The Balaban J connectivity index is 1.95. The van der Waals surface area contributed by atoms with E-state index in [0.717, 1.165) is 17.1 Å². The Morgan fingerprint density at radius 1 is 1.53 bits per heavy atom. The normalized spacial score (nSPS) is 10.7. The minimum Gasteiger partial charge on any atom is -0.350 e. The van der Waals surface area contributed by atoms with E-state index in [1.165, 1.54) is 17.0 Å². The van der Waals surface area contributed by atoms with Gasteiger partial charge in [-0.25, -0.2) is 4.98 Å². The zero-order chi connectivity index (χ0) is 13.8. The van der Waals surface area contributed by atoms with Gasteiger partial charge in [0, 0.05) is 30.2 Å². The molecule has 2 heterocycles. The van der Waals surface area contributed by atoms with Crippen LogP contribution in [0, 0.1) is 6.92 Å². The van der Waals surface area contributed by atoms with Crippen LogP contribution < -0.4 is 11.1 Å². The van der Waals surface area contributed by atoms with Crippen LogP contribution in [0.3, 0.4) is 0 Å². The molecule has 6 heteroatoms. The number of aryl methyl sites for hydroxylation is 1. The second-order valence-corrected chi connectivity index (χ2v) is 5.32. The third-order valence-electron chi connectivity index (χ3n) is 3.05. The van der Waals surface area contributed by atoms with E-state index in [0.29, 0.717) is 18.8 Å². The van der Waals surface area contributed by atoms with Crippen LogP contribution in [-0.4, -0.2) is 22.0 Å². The summed E-state index contributed by atoms with van der Waals surface area (Å²) in [7, 11) is 1.99. The molecule has 0 aliphatic heterocycles. The molecule has 0 aliphatic carbocycles. The van der Waals surface area contributed by atoms with Crippen molar-refractivity contribution in [3.05, 3.63) is 39.6 Å². The third-order valence-corrected chi connectivity index (χ3v) is 3.96. The first-order chi connectivity index (χ1) is 9.11. The molecular weight excluding hydrogens is 260 g/mol. The van der Waals surface area contributed by atoms with Crippen molar-refractivity contribution >= 4 is 17.2 Å². The van der Waals surface area contributed by atoms with Gasteiger partial charge in [0.1, 0.15) is 5.69 Å². The highest BCUT2D eigenvalue weighted by Gasteiger charge is 2.11. The molecule has 0 radical (unpaired) electrons. The second kappa shape index (κ2) is 5.99. The lowest BCUT2D eigenvalue weighted by Gasteiger charge is -2.06. The summed E-state index contributed by atoms with van der Waals surface area (Å²) in [6.45, 7) is 3.09. The Labute approximate surface area is 116 Å². The van der Waals surface area contributed by atoms with Gasteiger partial charge >= 0.3 is 0 Å². The molecule has 0 saturated carbocycles. The van der Waals surface area contributed by atoms with Gasteiger partial charge in [-0.3, -0.25) is 4.79 Å². The van der Waals surface area contributed by atoms with Gasteiger partial charge in [-0.15, -0.1) is 11.3 Å². The van der Waals surface area contributed by atoms with Gasteiger partial charge < -0.3 is 15.6 Å². The standard InChI is InChI=1S/C13H18N4OS/c1-9-3-4-10(17(9)2)7-15-13(18)11-8-19-12(16-11)5-6-14/h3-4,8H,5-7,14H2,1-2H3,(H,15,18). The average Bonchev–Trinajstić information content (AvgIpc) is 2.97. The van der Waals surface area contributed by atoms with E-state index in [1.807, 2.05) is 26.1 Å². The fourth-order valence-electron chi connectivity index (χ4n) is 1.76. The molecule has 19 heavy (non-hydrogen) atoms. The van der Waals surface area contributed by atoms with Gasteiger partial charge in [-0.2, -0.15) is 0 Å². The molecule has 3 N–H and O–H groups in total. The topological polar surface area (TPSA) is 72.9 Å². The van der Waals surface area contributed by atoms with Crippen molar-refractivity contribution < 1.29 is 4.79 Å². The Morgan fingerprint density at radius 2 is 2.32 bits per heavy atom.